The molecule has 1 amide bonds. The number of likely N-dealkylation sites (N-methyl/N-ethyl adjacent to an activating group) is 1. The van der Waals surface area contributed by atoms with E-state index in [-0.39, 0.29) is 17.2 Å². The number of rotatable bonds is 5. The summed E-state index contributed by atoms with van der Waals surface area (Å²) >= 11 is 0. The van der Waals surface area contributed by atoms with E-state index in [4.69, 9.17) is 0 Å². The van der Waals surface area contributed by atoms with E-state index in [2.05, 4.69) is 4.72 Å². The second-order valence-electron chi connectivity index (χ2n) is 5.55. The zero-order valence-electron chi connectivity index (χ0n) is 12.8. The normalized spacial score (nSPS) is 14.1. The molecule has 0 aliphatic carbocycles. The van der Waals surface area contributed by atoms with Gasteiger partial charge in [-0.25, -0.2) is 13.1 Å². The van der Waals surface area contributed by atoms with Gasteiger partial charge in [-0.05, 0) is 35.7 Å². The molecule has 1 heterocycles. The quantitative estimate of drug-likeness (QED) is 0.908. The summed E-state index contributed by atoms with van der Waals surface area (Å²) in [6.07, 6.45) is 0.880. The van der Waals surface area contributed by atoms with Gasteiger partial charge in [-0.1, -0.05) is 30.3 Å². The molecule has 6 heteroatoms. The van der Waals surface area contributed by atoms with E-state index in [1.165, 1.54) is 0 Å². The number of hydrogen-bond donors (Lipinski definition) is 1. The molecular weight excluding hydrogens is 312 g/mol. The second kappa shape index (κ2) is 6.14. The van der Waals surface area contributed by atoms with Gasteiger partial charge in [0.25, 0.3) is 0 Å². The lowest BCUT2D eigenvalue weighted by molar-refractivity contribution is -0.117. The van der Waals surface area contributed by atoms with Crippen molar-refractivity contribution in [1.82, 2.24) is 4.72 Å². The van der Waals surface area contributed by atoms with Crippen LogP contribution in [0.15, 0.2) is 53.4 Å². The van der Waals surface area contributed by atoms with Gasteiger partial charge in [0, 0.05) is 19.3 Å². The maximum absolute atomic E-state index is 12.4. The van der Waals surface area contributed by atoms with Crippen molar-refractivity contribution >= 4 is 21.6 Å². The minimum Gasteiger partial charge on any atom is -0.315 e. The minimum atomic E-state index is -3.57. The predicted molar refractivity (Wildman–Crippen MR) is 88.9 cm³/mol. The summed E-state index contributed by atoms with van der Waals surface area (Å²) in [6, 6.07) is 14.5. The third-order valence-electron chi connectivity index (χ3n) is 3.99. The maximum atomic E-state index is 12.4. The molecule has 0 unspecified atom stereocenters. The highest BCUT2D eigenvalue weighted by molar-refractivity contribution is 7.89. The van der Waals surface area contributed by atoms with Crippen LogP contribution in [0.2, 0.25) is 0 Å². The molecule has 0 bridgehead atoms. The average Bonchev–Trinajstić information content (AvgIpc) is 2.82. The van der Waals surface area contributed by atoms with E-state index in [0.29, 0.717) is 13.0 Å². The number of anilines is 1. The summed E-state index contributed by atoms with van der Waals surface area (Å²) in [6.45, 7) is 0.336. The molecule has 0 spiro atoms. The first-order valence-corrected chi connectivity index (χ1v) is 8.89. The number of benzene rings is 2. The molecule has 0 atom stereocenters. The Hall–Kier alpha value is -2.18. The lowest BCUT2D eigenvalue weighted by Gasteiger charge is -2.11. The molecule has 23 heavy (non-hydrogen) atoms. The Kier molecular flexibility index (Phi) is 4.19. The van der Waals surface area contributed by atoms with Gasteiger partial charge in [-0.15, -0.1) is 0 Å². The Morgan fingerprint density at radius 2 is 1.87 bits per heavy atom. The van der Waals surface area contributed by atoms with E-state index in [1.807, 2.05) is 30.3 Å². The van der Waals surface area contributed by atoms with Crippen LogP contribution in [0, 0.1) is 0 Å². The topological polar surface area (TPSA) is 66.5 Å². The molecule has 0 aromatic heterocycles. The number of nitrogens with zero attached hydrogens (tertiary/aromatic N) is 1. The second-order valence-corrected chi connectivity index (χ2v) is 7.32. The Morgan fingerprint density at radius 1 is 1.13 bits per heavy atom. The molecule has 5 nitrogen and oxygen atoms in total. The molecule has 2 aromatic rings. The van der Waals surface area contributed by atoms with E-state index in [0.717, 1.165) is 16.8 Å². The van der Waals surface area contributed by atoms with Crippen molar-refractivity contribution in [3.05, 3.63) is 59.7 Å². The standard InChI is InChI=1S/C17H18N2O3S/c1-19-16-8-7-15(11-14(16)12-17(19)20)23(21,22)18-10-9-13-5-3-2-4-6-13/h2-8,11,18H,9-10,12H2,1H3. The molecule has 1 N–H and O–H groups in total. The first kappa shape index (κ1) is 15.7. The molecule has 3 rings (SSSR count). The van der Waals surface area contributed by atoms with Crippen molar-refractivity contribution in [3.8, 4) is 0 Å². The van der Waals surface area contributed by atoms with E-state index < -0.39 is 10.0 Å². The third kappa shape index (κ3) is 3.28. The summed E-state index contributed by atoms with van der Waals surface area (Å²) in [5.41, 5.74) is 2.61. The SMILES string of the molecule is CN1C(=O)Cc2cc(S(=O)(=O)NCCc3ccccc3)ccc21. The zero-order valence-corrected chi connectivity index (χ0v) is 13.6. The number of fused-ring (bicyclic) bond motifs is 1. The number of amides is 1. The van der Waals surface area contributed by atoms with Crippen molar-refractivity contribution in [3.63, 3.8) is 0 Å². The van der Waals surface area contributed by atoms with Crippen molar-refractivity contribution in [2.24, 2.45) is 0 Å². The Morgan fingerprint density at radius 3 is 2.61 bits per heavy atom. The van der Waals surface area contributed by atoms with Crippen molar-refractivity contribution in [2.45, 2.75) is 17.7 Å². The van der Waals surface area contributed by atoms with Crippen molar-refractivity contribution in [2.75, 3.05) is 18.5 Å². The number of carbonyl (C=O) groups is 1. The molecule has 0 radical (unpaired) electrons. The Labute approximate surface area is 136 Å². The monoisotopic (exact) mass is 330 g/mol. The van der Waals surface area contributed by atoms with Gasteiger partial charge in [-0.3, -0.25) is 4.79 Å². The Balaban J connectivity index is 1.71. The summed E-state index contributed by atoms with van der Waals surface area (Å²) in [5, 5.41) is 0. The van der Waals surface area contributed by atoms with Gasteiger partial charge >= 0.3 is 0 Å². The van der Waals surface area contributed by atoms with Crippen LogP contribution in [0.3, 0.4) is 0 Å². The summed E-state index contributed by atoms with van der Waals surface area (Å²) in [4.78, 5) is 13.4. The van der Waals surface area contributed by atoms with Gasteiger partial charge in [-0.2, -0.15) is 0 Å². The highest BCUT2D eigenvalue weighted by Gasteiger charge is 2.26. The van der Waals surface area contributed by atoms with Gasteiger partial charge in [0.15, 0.2) is 0 Å². The van der Waals surface area contributed by atoms with Crippen LogP contribution in [0.25, 0.3) is 0 Å². The van der Waals surface area contributed by atoms with Crippen LogP contribution in [-0.4, -0.2) is 27.9 Å². The first-order chi connectivity index (χ1) is 11.0. The van der Waals surface area contributed by atoms with Gasteiger partial charge in [0.05, 0.1) is 11.3 Å². The van der Waals surface area contributed by atoms with Gasteiger partial charge in [0.2, 0.25) is 15.9 Å². The fourth-order valence-corrected chi connectivity index (χ4v) is 3.75. The van der Waals surface area contributed by atoms with Gasteiger partial charge in [0.1, 0.15) is 0 Å². The summed E-state index contributed by atoms with van der Waals surface area (Å²) < 4.78 is 27.4. The average molecular weight is 330 g/mol. The van der Waals surface area contributed by atoms with Crippen molar-refractivity contribution in [1.29, 1.82) is 0 Å². The molecule has 0 saturated heterocycles. The highest BCUT2D eigenvalue weighted by atomic mass is 32.2. The molecule has 0 saturated carbocycles. The number of nitrogens with one attached hydrogen (secondary N) is 1. The van der Waals surface area contributed by atoms with Crippen LogP contribution >= 0.6 is 0 Å². The van der Waals surface area contributed by atoms with E-state index >= 15 is 0 Å². The molecule has 120 valence electrons. The first-order valence-electron chi connectivity index (χ1n) is 7.40. The van der Waals surface area contributed by atoms with Crippen LogP contribution in [-0.2, 0) is 27.7 Å². The van der Waals surface area contributed by atoms with Crippen LogP contribution in [0.1, 0.15) is 11.1 Å². The molecule has 0 fully saturated rings. The fraction of sp³-hybridized carbons (Fsp3) is 0.235. The Bertz CT molecular complexity index is 832. The molecule has 1 aliphatic rings. The number of hydrogen-bond acceptors (Lipinski definition) is 3. The van der Waals surface area contributed by atoms with Crippen LogP contribution in [0.4, 0.5) is 5.69 Å². The zero-order chi connectivity index (χ0) is 16.4. The largest absolute Gasteiger partial charge is 0.315 e. The molecule has 1 aliphatic heterocycles. The van der Waals surface area contributed by atoms with Crippen LogP contribution < -0.4 is 9.62 Å². The minimum absolute atomic E-state index is 0.0217. The van der Waals surface area contributed by atoms with Crippen molar-refractivity contribution < 1.29 is 13.2 Å². The lowest BCUT2D eigenvalue weighted by atomic mass is 10.2. The fourth-order valence-electron chi connectivity index (χ4n) is 2.67. The summed E-state index contributed by atoms with van der Waals surface area (Å²) in [7, 11) is -1.87. The number of carbonyl (C=O) groups excluding carboxylic acids is 1. The van der Waals surface area contributed by atoms with E-state index in [9.17, 15) is 13.2 Å². The summed E-state index contributed by atoms with van der Waals surface area (Å²) in [5.74, 6) is -0.0217. The van der Waals surface area contributed by atoms with Gasteiger partial charge < -0.3 is 4.90 Å². The third-order valence-corrected chi connectivity index (χ3v) is 5.45. The molecular formula is C17H18N2O3S. The van der Waals surface area contributed by atoms with E-state index in [1.54, 1.807) is 30.1 Å². The van der Waals surface area contributed by atoms with Crippen LogP contribution in [0.5, 0.6) is 0 Å². The maximum Gasteiger partial charge on any atom is 0.240 e. The number of sulfonamides is 1. The molecule has 2 aromatic carbocycles. The predicted octanol–water partition coefficient (Wildman–Crippen LogP) is 1.73. The lowest BCUT2D eigenvalue weighted by Crippen LogP contribution is -2.26. The highest BCUT2D eigenvalue weighted by Crippen LogP contribution is 2.29. The smallest absolute Gasteiger partial charge is 0.240 e.